The molecule has 2 aromatic carbocycles. The Balaban J connectivity index is 1.86. The number of nitrogens with one attached hydrogen (secondary N) is 1. The Morgan fingerprint density at radius 1 is 1.10 bits per heavy atom. The van der Waals surface area contributed by atoms with Gasteiger partial charge in [0.25, 0.3) is 0 Å². The second kappa shape index (κ2) is 10.4. The number of hydrogen-bond acceptors (Lipinski definition) is 4. The lowest BCUT2D eigenvalue weighted by molar-refractivity contribution is -0.111. The van der Waals surface area contributed by atoms with Crippen molar-refractivity contribution in [3.8, 4) is 11.1 Å². The van der Waals surface area contributed by atoms with Gasteiger partial charge in [0.05, 0.1) is 6.61 Å². The maximum atomic E-state index is 12.7. The molecule has 0 radical (unpaired) electrons. The molecule has 0 saturated heterocycles. The van der Waals surface area contributed by atoms with Crippen molar-refractivity contribution < 1.29 is 14.3 Å². The van der Waals surface area contributed by atoms with Crippen LogP contribution in [0.2, 0.25) is 5.02 Å². The molecule has 3 aromatic rings. The molecule has 6 heteroatoms. The lowest BCUT2D eigenvalue weighted by atomic mass is 9.98. The molecular weight excluding hydrogens is 430 g/mol. The van der Waals surface area contributed by atoms with E-state index >= 15 is 0 Å². The number of benzene rings is 2. The number of carbonyl (C=O) groups excluding carboxylic acids is 2. The third-order valence-corrected chi connectivity index (χ3v) is 5.84. The van der Waals surface area contributed by atoms with E-state index in [0.29, 0.717) is 21.5 Å². The normalized spacial score (nSPS) is 11.1. The Morgan fingerprint density at radius 2 is 1.77 bits per heavy atom. The molecule has 0 fully saturated rings. The first-order valence-corrected chi connectivity index (χ1v) is 11.3. The van der Waals surface area contributed by atoms with Gasteiger partial charge in [0.15, 0.2) is 0 Å². The van der Waals surface area contributed by atoms with Crippen molar-refractivity contribution >= 4 is 45.9 Å². The number of ether oxygens (including phenoxy) is 1. The van der Waals surface area contributed by atoms with E-state index in [1.165, 1.54) is 23.0 Å². The van der Waals surface area contributed by atoms with Gasteiger partial charge in [-0.05, 0) is 47.7 Å². The van der Waals surface area contributed by atoms with E-state index in [9.17, 15) is 9.59 Å². The van der Waals surface area contributed by atoms with Crippen LogP contribution >= 0.6 is 22.9 Å². The minimum absolute atomic E-state index is 0.254. The lowest BCUT2D eigenvalue weighted by Crippen LogP contribution is -2.12. The summed E-state index contributed by atoms with van der Waals surface area (Å²) in [7, 11) is 0. The summed E-state index contributed by atoms with van der Waals surface area (Å²) in [5, 5.41) is 5.78. The molecule has 0 bridgehead atoms. The van der Waals surface area contributed by atoms with Crippen molar-refractivity contribution in [2.24, 2.45) is 0 Å². The molecule has 0 aliphatic rings. The van der Waals surface area contributed by atoms with E-state index in [2.05, 4.69) is 31.3 Å². The number of halogens is 1. The summed E-state index contributed by atoms with van der Waals surface area (Å²) >= 11 is 7.19. The summed E-state index contributed by atoms with van der Waals surface area (Å²) < 4.78 is 5.26. The maximum absolute atomic E-state index is 12.7. The predicted octanol–water partition coefficient (Wildman–Crippen LogP) is 7.02. The molecule has 3 rings (SSSR count). The van der Waals surface area contributed by atoms with E-state index < -0.39 is 5.97 Å². The van der Waals surface area contributed by atoms with Crippen LogP contribution in [-0.4, -0.2) is 18.5 Å². The van der Waals surface area contributed by atoms with Crippen LogP contribution in [0.3, 0.4) is 0 Å². The smallest absolute Gasteiger partial charge is 0.341 e. The van der Waals surface area contributed by atoms with Gasteiger partial charge in [-0.15, -0.1) is 11.3 Å². The van der Waals surface area contributed by atoms with Crippen molar-refractivity contribution in [3.05, 3.63) is 81.7 Å². The Hall–Kier alpha value is -2.89. The molecule has 1 aromatic heterocycles. The molecule has 0 aliphatic heterocycles. The maximum Gasteiger partial charge on any atom is 0.341 e. The first kappa shape index (κ1) is 22.8. The molecule has 160 valence electrons. The minimum atomic E-state index is -0.455. The molecule has 1 N–H and O–H groups in total. The van der Waals surface area contributed by atoms with E-state index in [4.69, 9.17) is 16.3 Å². The fraction of sp³-hybridized carbons (Fsp3) is 0.200. The van der Waals surface area contributed by atoms with Crippen molar-refractivity contribution in [2.45, 2.75) is 26.7 Å². The summed E-state index contributed by atoms with van der Waals surface area (Å²) in [6.07, 6.45) is 3.11. The highest BCUT2D eigenvalue weighted by molar-refractivity contribution is 7.15. The molecule has 4 nitrogen and oxygen atoms in total. The number of anilines is 1. The summed E-state index contributed by atoms with van der Waals surface area (Å²) in [5.74, 6) is -0.365. The van der Waals surface area contributed by atoms with E-state index in [1.807, 2.05) is 29.6 Å². The lowest BCUT2D eigenvalue weighted by Gasteiger charge is -2.09. The van der Waals surface area contributed by atoms with Crippen LogP contribution in [-0.2, 0) is 9.53 Å². The van der Waals surface area contributed by atoms with Crippen LogP contribution < -0.4 is 5.32 Å². The SMILES string of the molecule is CCOC(=O)c1c(-c2ccc(C(C)C)cc2)csc1NC(=O)/C=C/c1ccc(Cl)cc1. The molecule has 0 atom stereocenters. The van der Waals surface area contributed by atoms with Crippen LogP contribution in [0.1, 0.15) is 48.2 Å². The Kier molecular flexibility index (Phi) is 7.66. The fourth-order valence-corrected chi connectivity index (χ4v) is 4.10. The number of rotatable bonds is 7. The molecule has 0 aliphatic carbocycles. The first-order valence-electron chi connectivity index (χ1n) is 10.0. The number of carbonyl (C=O) groups is 2. The average Bonchev–Trinajstić information content (AvgIpc) is 3.17. The van der Waals surface area contributed by atoms with Gasteiger partial charge in [-0.3, -0.25) is 4.79 Å². The summed E-state index contributed by atoms with van der Waals surface area (Å²) in [6, 6.07) is 15.3. The zero-order chi connectivity index (χ0) is 22.4. The van der Waals surface area contributed by atoms with Crippen molar-refractivity contribution in [1.29, 1.82) is 0 Å². The molecule has 31 heavy (non-hydrogen) atoms. The second-order valence-electron chi connectivity index (χ2n) is 7.22. The van der Waals surface area contributed by atoms with Gasteiger partial charge >= 0.3 is 5.97 Å². The summed E-state index contributed by atoms with van der Waals surface area (Å²) in [6.45, 7) is 6.28. The summed E-state index contributed by atoms with van der Waals surface area (Å²) in [5.41, 5.74) is 4.09. The topological polar surface area (TPSA) is 55.4 Å². The zero-order valence-electron chi connectivity index (χ0n) is 17.6. The van der Waals surface area contributed by atoms with Crippen molar-refractivity contribution in [2.75, 3.05) is 11.9 Å². The van der Waals surface area contributed by atoms with Crippen molar-refractivity contribution in [3.63, 3.8) is 0 Å². The molecule has 0 saturated carbocycles. The molecule has 1 amide bonds. The standard InChI is InChI=1S/C25H24ClNO3S/c1-4-30-25(29)23-21(19-10-8-18(9-11-19)16(2)3)15-31-24(23)27-22(28)14-7-17-5-12-20(26)13-6-17/h5-16H,4H2,1-3H3,(H,27,28)/b14-7+. The molecule has 0 spiro atoms. The third-order valence-electron chi connectivity index (χ3n) is 4.69. The van der Waals surface area contributed by atoms with E-state index in [0.717, 1.165) is 16.7 Å². The Bertz CT molecular complexity index is 1080. The number of hydrogen-bond donors (Lipinski definition) is 1. The van der Waals surface area contributed by atoms with Crippen LogP contribution in [0.5, 0.6) is 0 Å². The van der Waals surface area contributed by atoms with Gasteiger partial charge in [0.2, 0.25) is 5.91 Å². The molecule has 1 heterocycles. The van der Waals surface area contributed by atoms with Gasteiger partial charge in [0, 0.05) is 22.0 Å². The third kappa shape index (κ3) is 5.84. The van der Waals surface area contributed by atoms with Gasteiger partial charge in [-0.2, -0.15) is 0 Å². The molecule has 0 unspecified atom stereocenters. The first-order chi connectivity index (χ1) is 14.9. The monoisotopic (exact) mass is 453 g/mol. The zero-order valence-corrected chi connectivity index (χ0v) is 19.2. The van der Waals surface area contributed by atoms with Crippen LogP contribution in [0.4, 0.5) is 5.00 Å². The van der Waals surface area contributed by atoms with Gasteiger partial charge in [-0.1, -0.05) is 61.8 Å². The minimum Gasteiger partial charge on any atom is -0.462 e. The van der Waals surface area contributed by atoms with Crippen LogP contribution in [0, 0.1) is 0 Å². The predicted molar refractivity (Wildman–Crippen MR) is 129 cm³/mol. The highest BCUT2D eigenvalue weighted by atomic mass is 35.5. The molecular formula is C25H24ClNO3S. The Morgan fingerprint density at radius 3 is 2.39 bits per heavy atom. The van der Waals surface area contributed by atoms with Gasteiger partial charge in [0.1, 0.15) is 10.6 Å². The Labute approximate surface area is 191 Å². The second-order valence-corrected chi connectivity index (χ2v) is 8.54. The highest BCUT2D eigenvalue weighted by Crippen LogP contribution is 2.36. The van der Waals surface area contributed by atoms with E-state index in [1.54, 1.807) is 25.1 Å². The van der Waals surface area contributed by atoms with Gasteiger partial charge in [-0.25, -0.2) is 4.79 Å². The largest absolute Gasteiger partial charge is 0.462 e. The number of thiophene rings is 1. The quantitative estimate of drug-likeness (QED) is 0.309. The van der Waals surface area contributed by atoms with Crippen molar-refractivity contribution in [1.82, 2.24) is 0 Å². The summed E-state index contributed by atoms with van der Waals surface area (Å²) in [4.78, 5) is 25.2. The van der Waals surface area contributed by atoms with Gasteiger partial charge < -0.3 is 10.1 Å². The average molecular weight is 454 g/mol. The fourth-order valence-electron chi connectivity index (χ4n) is 3.02. The van der Waals surface area contributed by atoms with Crippen LogP contribution in [0.25, 0.3) is 17.2 Å². The highest BCUT2D eigenvalue weighted by Gasteiger charge is 2.22. The van der Waals surface area contributed by atoms with E-state index in [-0.39, 0.29) is 12.5 Å². The van der Waals surface area contributed by atoms with Crippen LogP contribution in [0.15, 0.2) is 60.0 Å². The number of esters is 1. The number of amides is 1.